The van der Waals surface area contributed by atoms with Crippen LogP contribution in [0.15, 0.2) is 40.9 Å². The van der Waals surface area contributed by atoms with E-state index >= 15 is 0 Å². The maximum Gasteiger partial charge on any atom is 0.340 e. The Bertz CT molecular complexity index is 750. The Morgan fingerprint density at radius 3 is 2.45 bits per heavy atom. The van der Waals surface area contributed by atoms with Crippen molar-refractivity contribution in [3.05, 3.63) is 63.6 Å². The van der Waals surface area contributed by atoms with Crippen LogP contribution in [0.25, 0.3) is 0 Å². The molecule has 2 rings (SSSR count). The summed E-state index contributed by atoms with van der Waals surface area (Å²) in [5.41, 5.74) is -0.0725. The zero-order valence-corrected chi connectivity index (χ0v) is 12.9. The quantitative estimate of drug-likeness (QED) is 0.837. The molecule has 0 radical (unpaired) electrons. The van der Waals surface area contributed by atoms with E-state index in [9.17, 15) is 18.4 Å². The number of methoxy groups -OCH3 is 1. The number of nitrogens with one attached hydrogen (secondary N) is 1. The number of carbonyl (C=O) groups excluding carboxylic acids is 2. The number of esters is 1. The first-order valence-corrected chi connectivity index (χ1v) is 6.86. The molecule has 0 bridgehead atoms. The van der Waals surface area contributed by atoms with Crippen molar-refractivity contribution in [1.29, 1.82) is 0 Å². The van der Waals surface area contributed by atoms with Crippen LogP contribution in [-0.2, 0) is 4.74 Å². The molecule has 0 aliphatic heterocycles. The van der Waals surface area contributed by atoms with Gasteiger partial charge in [-0.3, -0.25) is 4.79 Å². The van der Waals surface area contributed by atoms with Gasteiger partial charge in [0.15, 0.2) is 0 Å². The highest BCUT2D eigenvalue weighted by atomic mass is 79.9. The Balaban J connectivity index is 2.34. The van der Waals surface area contributed by atoms with Gasteiger partial charge in [-0.1, -0.05) is 15.9 Å². The molecular formula is C15H10BrF2NO3. The fraction of sp³-hybridized carbons (Fsp3) is 0.0667. The van der Waals surface area contributed by atoms with Gasteiger partial charge in [-0.15, -0.1) is 0 Å². The number of carbonyl (C=O) groups is 2. The molecule has 0 spiro atoms. The minimum atomic E-state index is -0.991. The second-order valence-corrected chi connectivity index (χ2v) is 5.18. The van der Waals surface area contributed by atoms with E-state index in [1.165, 1.54) is 19.2 Å². The summed E-state index contributed by atoms with van der Waals surface area (Å²) >= 11 is 3.20. The van der Waals surface area contributed by atoms with Gasteiger partial charge in [0.25, 0.3) is 5.91 Å². The minimum Gasteiger partial charge on any atom is -0.465 e. The molecule has 0 saturated carbocycles. The van der Waals surface area contributed by atoms with Crippen molar-refractivity contribution >= 4 is 33.5 Å². The van der Waals surface area contributed by atoms with Gasteiger partial charge in [0, 0.05) is 10.5 Å². The highest BCUT2D eigenvalue weighted by Gasteiger charge is 2.17. The topological polar surface area (TPSA) is 55.4 Å². The number of amides is 1. The van der Waals surface area contributed by atoms with Gasteiger partial charge in [0.1, 0.15) is 11.6 Å². The first kappa shape index (κ1) is 16.1. The average Bonchev–Trinajstić information content (AvgIpc) is 2.48. The maximum absolute atomic E-state index is 13.6. The molecule has 1 amide bonds. The van der Waals surface area contributed by atoms with Crippen LogP contribution in [0.3, 0.4) is 0 Å². The summed E-state index contributed by atoms with van der Waals surface area (Å²) < 4.78 is 31.7. The molecule has 7 heteroatoms. The van der Waals surface area contributed by atoms with Crippen LogP contribution in [0.5, 0.6) is 0 Å². The molecule has 2 aromatic rings. The average molecular weight is 370 g/mol. The third-order valence-corrected chi connectivity index (χ3v) is 3.30. The highest BCUT2D eigenvalue weighted by Crippen LogP contribution is 2.23. The summed E-state index contributed by atoms with van der Waals surface area (Å²) in [6.45, 7) is 0. The third-order valence-electron chi connectivity index (χ3n) is 2.81. The molecule has 0 fully saturated rings. The molecular weight excluding hydrogens is 360 g/mol. The van der Waals surface area contributed by atoms with E-state index in [0.717, 1.165) is 12.1 Å². The summed E-state index contributed by atoms with van der Waals surface area (Å²) in [5.74, 6) is -3.23. The van der Waals surface area contributed by atoms with E-state index in [0.29, 0.717) is 10.5 Å². The number of anilines is 1. The lowest BCUT2D eigenvalue weighted by atomic mass is 10.1. The van der Waals surface area contributed by atoms with Gasteiger partial charge in [-0.2, -0.15) is 0 Å². The van der Waals surface area contributed by atoms with E-state index in [1.54, 1.807) is 6.07 Å². The second-order valence-electron chi connectivity index (χ2n) is 4.26. The van der Waals surface area contributed by atoms with Crippen LogP contribution in [-0.4, -0.2) is 19.0 Å². The number of halogens is 3. The summed E-state index contributed by atoms with van der Waals surface area (Å²) in [6.07, 6.45) is 0. The number of hydrogen-bond donors (Lipinski definition) is 1. The number of ether oxygens (including phenoxy) is 1. The Kier molecular flexibility index (Phi) is 4.87. The van der Waals surface area contributed by atoms with Gasteiger partial charge in [-0.05, 0) is 30.3 Å². The zero-order valence-electron chi connectivity index (χ0n) is 11.3. The van der Waals surface area contributed by atoms with Crippen molar-refractivity contribution in [3.63, 3.8) is 0 Å². The van der Waals surface area contributed by atoms with Gasteiger partial charge in [0.05, 0.1) is 23.9 Å². The second kappa shape index (κ2) is 6.65. The fourth-order valence-electron chi connectivity index (χ4n) is 1.77. The Hall–Kier alpha value is -2.28. The monoisotopic (exact) mass is 369 g/mol. The molecule has 0 unspecified atom stereocenters. The predicted molar refractivity (Wildman–Crippen MR) is 79.8 cm³/mol. The normalized spacial score (nSPS) is 10.2. The number of hydrogen-bond acceptors (Lipinski definition) is 3. The summed E-state index contributed by atoms with van der Waals surface area (Å²) in [6, 6.07) is 7.14. The summed E-state index contributed by atoms with van der Waals surface area (Å²) in [7, 11) is 1.20. The molecule has 1 N–H and O–H groups in total. The zero-order chi connectivity index (χ0) is 16.3. The fourth-order valence-corrected chi connectivity index (χ4v) is 2.13. The Labute approximate surface area is 133 Å². The van der Waals surface area contributed by atoms with Gasteiger partial charge in [-0.25, -0.2) is 13.6 Å². The summed E-state index contributed by atoms with van der Waals surface area (Å²) in [4.78, 5) is 23.8. The first-order valence-electron chi connectivity index (χ1n) is 6.06. The predicted octanol–water partition coefficient (Wildman–Crippen LogP) is 3.77. The number of rotatable bonds is 3. The molecule has 4 nitrogen and oxygen atoms in total. The molecule has 2 aromatic carbocycles. The van der Waals surface area contributed by atoms with E-state index < -0.39 is 23.5 Å². The Morgan fingerprint density at radius 1 is 1.09 bits per heavy atom. The lowest BCUT2D eigenvalue weighted by molar-refractivity contribution is 0.0602. The van der Waals surface area contributed by atoms with Gasteiger partial charge in [0.2, 0.25) is 0 Å². The van der Waals surface area contributed by atoms with Crippen molar-refractivity contribution in [3.8, 4) is 0 Å². The van der Waals surface area contributed by atoms with Crippen LogP contribution in [0, 0.1) is 11.6 Å². The molecule has 0 heterocycles. The SMILES string of the molecule is COC(=O)c1cc(Br)ccc1NC(=O)c1ccc(F)cc1F. The highest BCUT2D eigenvalue weighted by molar-refractivity contribution is 9.10. The standard InChI is InChI=1S/C15H10BrF2NO3/c1-22-15(21)11-6-8(16)2-5-13(11)19-14(20)10-4-3-9(17)7-12(10)18/h2-7H,1H3,(H,19,20). The smallest absolute Gasteiger partial charge is 0.340 e. The van der Waals surface area contributed by atoms with Crippen molar-refractivity contribution in [2.24, 2.45) is 0 Å². The van der Waals surface area contributed by atoms with Gasteiger partial charge >= 0.3 is 5.97 Å². The maximum atomic E-state index is 13.6. The van der Waals surface area contributed by atoms with Crippen LogP contribution >= 0.6 is 15.9 Å². The lowest BCUT2D eigenvalue weighted by Crippen LogP contribution is -2.16. The van der Waals surface area contributed by atoms with E-state index in [1.807, 2.05) is 0 Å². The molecule has 22 heavy (non-hydrogen) atoms. The molecule has 0 aromatic heterocycles. The van der Waals surface area contributed by atoms with Crippen molar-refractivity contribution in [1.82, 2.24) is 0 Å². The van der Waals surface area contributed by atoms with Crippen molar-refractivity contribution in [2.75, 3.05) is 12.4 Å². The molecule has 114 valence electrons. The minimum absolute atomic E-state index is 0.104. The molecule has 0 aliphatic carbocycles. The first-order chi connectivity index (χ1) is 10.4. The molecule has 0 aliphatic rings. The number of benzene rings is 2. The van der Waals surface area contributed by atoms with Crippen LogP contribution in [0.1, 0.15) is 20.7 Å². The third kappa shape index (κ3) is 3.48. The van der Waals surface area contributed by atoms with E-state index in [2.05, 4.69) is 26.0 Å². The molecule has 0 saturated heterocycles. The van der Waals surface area contributed by atoms with Crippen molar-refractivity contribution < 1.29 is 23.1 Å². The van der Waals surface area contributed by atoms with Gasteiger partial charge < -0.3 is 10.1 Å². The van der Waals surface area contributed by atoms with Crippen LogP contribution in [0.2, 0.25) is 0 Å². The van der Waals surface area contributed by atoms with Crippen LogP contribution in [0.4, 0.5) is 14.5 Å². The molecule has 0 atom stereocenters. The van der Waals surface area contributed by atoms with E-state index in [-0.39, 0.29) is 16.8 Å². The summed E-state index contributed by atoms with van der Waals surface area (Å²) in [5, 5.41) is 2.41. The van der Waals surface area contributed by atoms with Crippen molar-refractivity contribution in [2.45, 2.75) is 0 Å². The largest absolute Gasteiger partial charge is 0.465 e. The van der Waals surface area contributed by atoms with Crippen LogP contribution < -0.4 is 5.32 Å². The Morgan fingerprint density at radius 2 is 1.82 bits per heavy atom. The lowest BCUT2D eigenvalue weighted by Gasteiger charge is -2.10. The van der Waals surface area contributed by atoms with E-state index in [4.69, 9.17) is 0 Å².